The lowest BCUT2D eigenvalue weighted by Gasteiger charge is -2.31. The molecule has 21 heavy (non-hydrogen) atoms. The fraction of sp³-hybridized carbons (Fsp3) is 0.529. The van der Waals surface area contributed by atoms with Gasteiger partial charge < -0.3 is 0 Å². The third kappa shape index (κ3) is 3.54. The first-order valence-electron chi connectivity index (χ1n) is 7.66. The van der Waals surface area contributed by atoms with E-state index in [-0.39, 0.29) is 11.0 Å². The summed E-state index contributed by atoms with van der Waals surface area (Å²) in [4.78, 5) is 12.6. The van der Waals surface area contributed by atoms with Crippen molar-refractivity contribution in [3.63, 3.8) is 0 Å². The first kappa shape index (κ1) is 16.2. The van der Waals surface area contributed by atoms with E-state index in [4.69, 9.17) is 0 Å². The van der Waals surface area contributed by atoms with Gasteiger partial charge in [-0.15, -0.1) is 0 Å². The lowest BCUT2D eigenvalue weighted by Crippen LogP contribution is -2.35. The first-order valence-corrected chi connectivity index (χ1v) is 8.79. The van der Waals surface area contributed by atoms with Gasteiger partial charge in [-0.25, -0.2) is 4.68 Å². The second-order valence-corrected chi connectivity index (χ2v) is 6.39. The molecule has 0 bridgehead atoms. The van der Waals surface area contributed by atoms with Crippen LogP contribution in [-0.2, 0) is 6.54 Å². The molecule has 0 amide bonds. The van der Waals surface area contributed by atoms with Gasteiger partial charge in [-0.3, -0.25) is 4.79 Å². The van der Waals surface area contributed by atoms with Crippen LogP contribution >= 0.6 is 15.9 Å². The Morgan fingerprint density at radius 2 is 1.86 bits per heavy atom. The number of rotatable bonds is 7. The van der Waals surface area contributed by atoms with E-state index in [2.05, 4.69) is 34.9 Å². The number of halogens is 1. The molecule has 0 fully saturated rings. The first-order chi connectivity index (χ1) is 10.2. The van der Waals surface area contributed by atoms with E-state index in [9.17, 15) is 4.79 Å². The van der Waals surface area contributed by atoms with E-state index in [1.807, 2.05) is 24.3 Å². The minimum absolute atomic E-state index is 0.0191. The van der Waals surface area contributed by atoms with Crippen molar-refractivity contribution in [2.75, 3.05) is 5.33 Å². The molecule has 0 spiro atoms. The molecule has 0 aliphatic carbocycles. The quantitative estimate of drug-likeness (QED) is 0.694. The van der Waals surface area contributed by atoms with E-state index in [1.54, 1.807) is 10.9 Å². The summed E-state index contributed by atoms with van der Waals surface area (Å²) < 4.78 is 1.65. The number of fused-ring (bicyclic) bond motifs is 1. The Labute approximate surface area is 134 Å². The van der Waals surface area contributed by atoms with E-state index in [0.717, 1.165) is 41.8 Å². The molecule has 0 aliphatic heterocycles. The van der Waals surface area contributed by atoms with Gasteiger partial charge >= 0.3 is 0 Å². The lowest BCUT2D eigenvalue weighted by molar-refractivity contribution is 0.219. The molecule has 114 valence electrons. The Balaban J connectivity index is 2.41. The predicted octanol–water partition coefficient (Wildman–Crippen LogP) is 4.38. The van der Waals surface area contributed by atoms with Gasteiger partial charge in [0.25, 0.3) is 5.56 Å². The molecule has 1 heterocycles. The maximum atomic E-state index is 12.6. The van der Waals surface area contributed by atoms with Crippen LogP contribution in [-0.4, -0.2) is 15.1 Å². The van der Waals surface area contributed by atoms with Gasteiger partial charge in [0.2, 0.25) is 0 Å². The van der Waals surface area contributed by atoms with Crippen LogP contribution in [0.2, 0.25) is 0 Å². The molecule has 0 N–H and O–H groups in total. The molecule has 1 aromatic heterocycles. The second kappa shape index (κ2) is 7.21. The van der Waals surface area contributed by atoms with Crippen LogP contribution < -0.4 is 5.56 Å². The van der Waals surface area contributed by atoms with Crippen LogP contribution in [0, 0.1) is 5.41 Å². The highest BCUT2D eigenvalue weighted by Crippen LogP contribution is 2.33. The Bertz CT molecular complexity index is 645. The SMILES string of the molecule is CCCC(CBr)(CCC)Cn1ncc2ccccc2c1=O. The number of alkyl halides is 1. The molecule has 4 heteroatoms. The molecule has 1 aromatic carbocycles. The van der Waals surface area contributed by atoms with Gasteiger partial charge in [-0.1, -0.05) is 60.8 Å². The maximum Gasteiger partial charge on any atom is 0.274 e. The summed E-state index contributed by atoms with van der Waals surface area (Å²) in [7, 11) is 0. The molecule has 2 rings (SSSR count). The zero-order valence-electron chi connectivity index (χ0n) is 12.8. The number of hydrogen-bond acceptors (Lipinski definition) is 2. The summed E-state index contributed by atoms with van der Waals surface area (Å²) in [5.74, 6) is 0. The maximum absolute atomic E-state index is 12.6. The summed E-state index contributed by atoms with van der Waals surface area (Å²) in [6, 6.07) is 7.66. The van der Waals surface area contributed by atoms with Crippen LogP contribution in [0.1, 0.15) is 39.5 Å². The summed E-state index contributed by atoms with van der Waals surface area (Å²) >= 11 is 3.66. The van der Waals surface area contributed by atoms with Crippen molar-refractivity contribution >= 4 is 26.7 Å². The molecule has 0 saturated heterocycles. The molecule has 0 saturated carbocycles. The van der Waals surface area contributed by atoms with Gasteiger partial charge in [-0.05, 0) is 24.3 Å². The number of hydrogen-bond donors (Lipinski definition) is 0. The molecule has 0 atom stereocenters. The Kier molecular flexibility index (Phi) is 5.57. The largest absolute Gasteiger partial charge is 0.274 e. The van der Waals surface area contributed by atoms with Crippen LogP contribution in [0.25, 0.3) is 10.8 Å². The summed E-state index contributed by atoms with van der Waals surface area (Å²) in [6.07, 6.45) is 6.25. The molecule has 0 radical (unpaired) electrons. The Morgan fingerprint density at radius 3 is 2.48 bits per heavy atom. The average molecular weight is 351 g/mol. The average Bonchev–Trinajstić information content (AvgIpc) is 2.51. The monoisotopic (exact) mass is 350 g/mol. The molecular formula is C17H23BrN2O. The highest BCUT2D eigenvalue weighted by molar-refractivity contribution is 9.09. The van der Waals surface area contributed by atoms with Gasteiger partial charge in [0.15, 0.2) is 0 Å². The van der Waals surface area contributed by atoms with Gasteiger partial charge in [0.1, 0.15) is 0 Å². The van der Waals surface area contributed by atoms with Gasteiger partial charge in [0.05, 0.1) is 18.1 Å². The minimum atomic E-state index is 0.0191. The molecule has 2 aromatic rings. The van der Waals surface area contributed by atoms with Crippen molar-refractivity contribution in [1.82, 2.24) is 9.78 Å². The van der Waals surface area contributed by atoms with Crippen molar-refractivity contribution in [3.8, 4) is 0 Å². The minimum Gasteiger partial charge on any atom is -0.267 e. The van der Waals surface area contributed by atoms with Gasteiger partial charge in [-0.2, -0.15) is 5.10 Å². The lowest BCUT2D eigenvalue weighted by atomic mass is 9.81. The third-order valence-electron chi connectivity index (χ3n) is 4.09. The van der Waals surface area contributed by atoms with Crippen molar-refractivity contribution in [2.24, 2.45) is 5.41 Å². The Hall–Kier alpha value is -1.16. The standard InChI is InChI=1S/C17H23BrN2O/c1-3-9-17(12-18,10-4-2)13-20-16(21)15-8-6-5-7-14(15)11-19-20/h5-8,11H,3-4,9-10,12-13H2,1-2H3. The van der Waals surface area contributed by atoms with Crippen molar-refractivity contribution in [1.29, 1.82) is 0 Å². The zero-order chi connectivity index (χ0) is 15.3. The molecular weight excluding hydrogens is 328 g/mol. The van der Waals surface area contributed by atoms with Crippen molar-refractivity contribution < 1.29 is 0 Å². The van der Waals surface area contributed by atoms with E-state index in [0.29, 0.717) is 6.54 Å². The van der Waals surface area contributed by atoms with Crippen molar-refractivity contribution in [3.05, 3.63) is 40.8 Å². The summed E-state index contributed by atoms with van der Waals surface area (Å²) in [5, 5.41) is 6.96. The third-order valence-corrected chi connectivity index (χ3v) is 5.28. The number of aromatic nitrogens is 2. The fourth-order valence-electron chi connectivity index (χ4n) is 3.08. The van der Waals surface area contributed by atoms with Crippen LogP contribution in [0.3, 0.4) is 0 Å². The van der Waals surface area contributed by atoms with E-state index >= 15 is 0 Å². The number of nitrogens with zero attached hydrogens (tertiary/aromatic N) is 2. The van der Waals surface area contributed by atoms with E-state index in [1.165, 1.54) is 0 Å². The molecule has 0 aliphatic rings. The molecule has 0 unspecified atom stereocenters. The summed E-state index contributed by atoms with van der Waals surface area (Å²) in [6.45, 7) is 5.08. The smallest absolute Gasteiger partial charge is 0.267 e. The van der Waals surface area contributed by atoms with Crippen LogP contribution in [0.4, 0.5) is 0 Å². The predicted molar refractivity (Wildman–Crippen MR) is 92.0 cm³/mol. The van der Waals surface area contributed by atoms with Crippen LogP contribution in [0.15, 0.2) is 35.3 Å². The normalized spacial score (nSPS) is 12.0. The highest BCUT2D eigenvalue weighted by atomic mass is 79.9. The molecule has 3 nitrogen and oxygen atoms in total. The zero-order valence-corrected chi connectivity index (χ0v) is 14.4. The van der Waals surface area contributed by atoms with Crippen molar-refractivity contribution in [2.45, 2.75) is 46.1 Å². The second-order valence-electron chi connectivity index (χ2n) is 5.83. The fourth-order valence-corrected chi connectivity index (χ4v) is 3.82. The summed E-state index contributed by atoms with van der Waals surface area (Å²) in [5.41, 5.74) is 0.133. The van der Waals surface area contributed by atoms with Crippen LogP contribution in [0.5, 0.6) is 0 Å². The van der Waals surface area contributed by atoms with Gasteiger partial charge in [0, 0.05) is 10.7 Å². The number of benzene rings is 1. The van der Waals surface area contributed by atoms with E-state index < -0.39 is 0 Å². The Morgan fingerprint density at radius 1 is 1.19 bits per heavy atom. The highest BCUT2D eigenvalue weighted by Gasteiger charge is 2.28. The topological polar surface area (TPSA) is 34.9 Å².